The van der Waals surface area contributed by atoms with Gasteiger partial charge in [-0.2, -0.15) is 0 Å². The molecule has 1 aromatic rings. The summed E-state index contributed by atoms with van der Waals surface area (Å²) < 4.78 is 0. The molecule has 1 heterocycles. The minimum Gasteiger partial charge on any atom is -0.478 e. The number of benzene rings is 1. The lowest BCUT2D eigenvalue weighted by Crippen LogP contribution is -2.30. The predicted molar refractivity (Wildman–Crippen MR) is 64.4 cm³/mol. The molecular formula is C13H13NO4. The largest absolute Gasteiger partial charge is 0.478 e. The molecule has 94 valence electrons. The minimum atomic E-state index is -1.07. The molecule has 5 heteroatoms. The standard InChI is InChI=1S/C13H13NO4/c1-7-3-4-9(6-10(7)13(17)18)14-11(15)5-8(2)12(14)16/h3-4,6,8H,5H2,1-2H3,(H,17,18). The number of carbonyl (C=O) groups excluding carboxylic acids is 2. The van der Waals surface area contributed by atoms with Gasteiger partial charge in [-0.05, 0) is 24.6 Å². The van der Waals surface area contributed by atoms with Gasteiger partial charge in [-0.25, -0.2) is 4.79 Å². The van der Waals surface area contributed by atoms with Gasteiger partial charge in [0.25, 0.3) is 0 Å². The zero-order chi connectivity index (χ0) is 13.4. The number of carboxylic acid groups (broad SMARTS) is 1. The van der Waals surface area contributed by atoms with Crippen LogP contribution >= 0.6 is 0 Å². The van der Waals surface area contributed by atoms with Crippen molar-refractivity contribution < 1.29 is 19.5 Å². The van der Waals surface area contributed by atoms with E-state index in [9.17, 15) is 14.4 Å². The van der Waals surface area contributed by atoms with E-state index in [0.717, 1.165) is 4.90 Å². The SMILES string of the molecule is Cc1ccc(N2C(=O)CC(C)C2=O)cc1C(=O)O. The Hall–Kier alpha value is -2.17. The van der Waals surface area contributed by atoms with Crippen LogP contribution in [0.15, 0.2) is 18.2 Å². The molecule has 0 bridgehead atoms. The fraction of sp³-hybridized carbons (Fsp3) is 0.308. The third-order valence-corrected chi connectivity index (χ3v) is 3.08. The van der Waals surface area contributed by atoms with Crippen LogP contribution in [0.4, 0.5) is 5.69 Å². The van der Waals surface area contributed by atoms with Crippen LogP contribution in [-0.2, 0) is 9.59 Å². The number of hydrogen-bond acceptors (Lipinski definition) is 3. The molecule has 0 aromatic heterocycles. The number of carboxylic acids is 1. The highest BCUT2D eigenvalue weighted by Crippen LogP contribution is 2.27. The zero-order valence-corrected chi connectivity index (χ0v) is 10.1. The van der Waals surface area contributed by atoms with Gasteiger partial charge in [0.1, 0.15) is 0 Å². The molecule has 0 spiro atoms. The van der Waals surface area contributed by atoms with Gasteiger partial charge in [-0.15, -0.1) is 0 Å². The van der Waals surface area contributed by atoms with E-state index < -0.39 is 5.97 Å². The summed E-state index contributed by atoms with van der Waals surface area (Å²) in [4.78, 5) is 35.7. The molecule has 1 fully saturated rings. The summed E-state index contributed by atoms with van der Waals surface area (Å²) in [6, 6.07) is 4.56. The average Bonchev–Trinajstić information content (AvgIpc) is 2.54. The van der Waals surface area contributed by atoms with E-state index in [2.05, 4.69) is 0 Å². The van der Waals surface area contributed by atoms with Crippen molar-refractivity contribution in [3.8, 4) is 0 Å². The Labute approximate surface area is 104 Å². The number of anilines is 1. The maximum Gasteiger partial charge on any atom is 0.336 e. The van der Waals surface area contributed by atoms with Crippen LogP contribution in [0.3, 0.4) is 0 Å². The van der Waals surface area contributed by atoms with Gasteiger partial charge in [0, 0.05) is 12.3 Å². The van der Waals surface area contributed by atoms with Gasteiger partial charge >= 0.3 is 5.97 Å². The predicted octanol–water partition coefficient (Wildman–Crippen LogP) is 1.59. The third-order valence-electron chi connectivity index (χ3n) is 3.08. The van der Waals surface area contributed by atoms with Crippen LogP contribution in [0.2, 0.25) is 0 Å². The lowest BCUT2D eigenvalue weighted by Gasteiger charge is -2.15. The Morgan fingerprint density at radius 2 is 2.06 bits per heavy atom. The fourth-order valence-electron chi connectivity index (χ4n) is 2.03. The number of hydrogen-bond donors (Lipinski definition) is 1. The molecule has 1 aliphatic heterocycles. The minimum absolute atomic E-state index is 0.104. The maximum atomic E-state index is 11.8. The maximum absolute atomic E-state index is 11.8. The van der Waals surface area contributed by atoms with Crippen molar-refractivity contribution in [2.45, 2.75) is 20.3 Å². The van der Waals surface area contributed by atoms with Gasteiger partial charge in [0.15, 0.2) is 0 Å². The van der Waals surface area contributed by atoms with Crippen molar-refractivity contribution in [2.75, 3.05) is 4.90 Å². The Morgan fingerprint density at radius 3 is 2.56 bits per heavy atom. The van der Waals surface area contributed by atoms with E-state index in [1.165, 1.54) is 6.07 Å². The number of aromatic carboxylic acids is 1. The fourth-order valence-corrected chi connectivity index (χ4v) is 2.03. The number of amides is 2. The smallest absolute Gasteiger partial charge is 0.336 e. The second-order valence-electron chi connectivity index (χ2n) is 4.48. The molecule has 5 nitrogen and oxygen atoms in total. The highest BCUT2D eigenvalue weighted by molar-refractivity contribution is 6.21. The quantitative estimate of drug-likeness (QED) is 0.805. The summed E-state index contributed by atoms with van der Waals surface area (Å²) in [7, 11) is 0. The summed E-state index contributed by atoms with van der Waals surface area (Å²) in [5.74, 6) is -1.97. The van der Waals surface area contributed by atoms with E-state index >= 15 is 0 Å². The molecule has 1 N–H and O–H groups in total. The van der Waals surface area contributed by atoms with Gasteiger partial charge in [-0.1, -0.05) is 13.0 Å². The van der Waals surface area contributed by atoms with E-state index in [1.54, 1.807) is 26.0 Å². The van der Waals surface area contributed by atoms with Crippen LogP contribution in [0.25, 0.3) is 0 Å². The van der Waals surface area contributed by atoms with Crippen LogP contribution < -0.4 is 4.90 Å². The van der Waals surface area contributed by atoms with Crippen LogP contribution in [0.5, 0.6) is 0 Å². The summed E-state index contributed by atoms with van der Waals surface area (Å²) in [5.41, 5.74) is 1.03. The van der Waals surface area contributed by atoms with Gasteiger partial charge in [0.2, 0.25) is 11.8 Å². The molecule has 1 saturated heterocycles. The molecule has 2 amide bonds. The van der Waals surface area contributed by atoms with E-state index in [-0.39, 0.29) is 29.7 Å². The molecule has 1 unspecified atom stereocenters. The molecule has 1 atom stereocenters. The Balaban J connectivity index is 2.46. The first kappa shape index (κ1) is 12.3. The van der Waals surface area contributed by atoms with Crippen molar-refractivity contribution >= 4 is 23.5 Å². The summed E-state index contributed by atoms with van der Waals surface area (Å²) in [5, 5.41) is 9.03. The highest BCUT2D eigenvalue weighted by Gasteiger charge is 2.36. The van der Waals surface area contributed by atoms with Crippen molar-refractivity contribution in [2.24, 2.45) is 5.92 Å². The van der Waals surface area contributed by atoms with Crippen molar-refractivity contribution in [1.82, 2.24) is 0 Å². The number of aryl methyl sites for hydroxylation is 1. The molecule has 18 heavy (non-hydrogen) atoms. The Kier molecular flexibility index (Phi) is 2.90. The normalized spacial score (nSPS) is 19.4. The summed E-state index contributed by atoms with van der Waals surface area (Å²) in [6.45, 7) is 3.36. The Morgan fingerprint density at radius 1 is 1.39 bits per heavy atom. The molecular weight excluding hydrogens is 234 g/mol. The van der Waals surface area contributed by atoms with Crippen LogP contribution in [0.1, 0.15) is 29.3 Å². The van der Waals surface area contributed by atoms with Crippen molar-refractivity contribution in [3.63, 3.8) is 0 Å². The molecule has 2 rings (SSSR count). The average molecular weight is 247 g/mol. The monoisotopic (exact) mass is 247 g/mol. The number of imide groups is 1. The Bertz CT molecular complexity index is 550. The molecule has 1 aromatic carbocycles. The highest BCUT2D eigenvalue weighted by atomic mass is 16.4. The lowest BCUT2D eigenvalue weighted by atomic mass is 10.1. The molecule has 0 aliphatic carbocycles. The van der Waals surface area contributed by atoms with Gasteiger partial charge in [0.05, 0.1) is 11.3 Å². The number of nitrogens with zero attached hydrogens (tertiary/aromatic N) is 1. The van der Waals surface area contributed by atoms with Crippen LogP contribution in [0, 0.1) is 12.8 Å². The van der Waals surface area contributed by atoms with Gasteiger partial charge in [-0.3, -0.25) is 14.5 Å². The second-order valence-corrected chi connectivity index (χ2v) is 4.48. The first-order valence-electron chi connectivity index (χ1n) is 5.62. The lowest BCUT2D eigenvalue weighted by molar-refractivity contribution is -0.122. The molecule has 0 radical (unpaired) electrons. The molecule has 0 saturated carbocycles. The van der Waals surface area contributed by atoms with Crippen LogP contribution in [-0.4, -0.2) is 22.9 Å². The van der Waals surface area contributed by atoms with Gasteiger partial charge < -0.3 is 5.11 Å². The zero-order valence-electron chi connectivity index (χ0n) is 10.1. The first-order chi connectivity index (χ1) is 8.41. The van der Waals surface area contributed by atoms with E-state index in [4.69, 9.17) is 5.11 Å². The van der Waals surface area contributed by atoms with E-state index in [1.807, 2.05) is 0 Å². The van der Waals surface area contributed by atoms with Crippen molar-refractivity contribution in [3.05, 3.63) is 29.3 Å². The van der Waals surface area contributed by atoms with E-state index in [0.29, 0.717) is 11.3 Å². The first-order valence-corrected chi connectivity index (χ1v) is 5.62. The topological polar surface area (TPSA) is 74.7 Å². The molecule has 1 aliphatic rings. The summed E-state index contributed by atoms with van der Waals surface area (Å²) >= 11 is 0. The second kappa shape index (κ2) is 4.25. The summed E-state index contributed by atoms with van der Waals surface area (Å²) in [6.07, 6.45) is 0.176. The number of rotatable bonds is 2. The van der Waals surface area contributed by atoms with Crippen molar-refractivity contribution in [1.29, 1.82) is 0 Å². The third kappa shape index (κ3) is 1.88. The number of carbonyl (C=O) groups is 3.